The molecule has 1 saturated heterocycles. The van der Waals surface area contributed by atoms with Crippen molar-refractivity contribution >= 4 is 5.91 Å². The second-order valence-corrected chi connectivity index (χ2v) is 5.62. The first-order valence-corrected chi connectivity index (χ1v) is 7.27. The van der Waals surface area contributed by atoms with Crippen LogP contribution in [0.1, 0.15) is 27.9 Å². The molecule has 1 fully saturated rings. The van der Waals surface area contributed by atoms with E-state index >= 15 is 0 Å². The molecular weight excluding hydrogens is 264 g/mol. The Morgan fingerprint density at radius 3 is 3.00 bits per heavy atom. The third kappa shape index (κ3) is 4.32. The van der Waals surface area contributed by atoms with Crippen molar-refractivity contribution in [3.8, 4) is 11.8 Å². The summed E-state index contributed by atoms with van der Waals surface area (Å²) in [5.74, 6) is 5.98. The lowest BCUT2D eigenvalue weighted by Gasteiger charge is -2.12. The molecule has 4 heteroatoms. The third-order valence-corrected chi connectivity index (χ3v) is 3.84. The summed E-state index contributed by atoms with van der Waals surface area (Å²) in [4.78, 5) is 14.5. The van der Waals surface area contributed by atoms with Gasteiger partial charge in [0.1, 0.15) is 6.61 Å². The molecule has 112 valence electrons. The van der Waals surface area contributed by atoms with Gasteiger partial charge in [-0.15, -0.1) is 0 Å². The molecule has 1 aromatic rings. The number of hydrogen-bond donors (Lipinski definition) is 2. The van der Waals surface area contributed by atoms with Crippen LogP contribution in [-0.4, -0.2) is 49.2 Å². The number of carbonyl (C=O) groups excluding carboxylic acids is 1. The molecule has 0 spiro atoms. The standard InChI is InChI=1S/C17H22N2O2/c1-13-5-6-16(10-15(13)4-3-9-20)17(21)18-11-14-7-8-19(2)12-14/h5-6,10,14,20H,7-9,11-12H2,1-2H3,(H,18,21). The number of rotatable bonds is 3. The van der Waals surface area contributed by atoms with E-state index in [1.165, 1.54) is 0 Å². The molecule has 1 aliphatic heterocycles. The number of nitrogens with zero attached hydrogens (tertiary/aromatic N) is 1. The number of likely N-dealkylation sites (tertiary alicyclic amines) is 1. The largest absolute Gasteiger partial charge is 0.384 e. The fraction of sp³-hybridized carbons (Fsp3) is 0.471. The number of aliphatic hydroxyl groups is 1. The van der Waals surface area contributed by atoms with Gasteiger partial charge in [0.2, 0.25) is 0 Å². The molecule has 1 atom stereocenters. The van der Waals surface area contributed by atoms with E-state index in [4.69, 9.17) is 5.11 Å². The van der Waals surface area contributed by atoms with Crippen LogP contribution in [0.2, 0.25) is 0 Å². The predicted molar refractivity (Wildman–Crippen MR) is 83.1 cm³/mol. The lowest BCUT2D eigenvalue weighted by atomic mass is 10.0. The molecule has 1 amide bonds. The Labute approximate surface area is 126 Å². The van der Waals surface area contributed by atoms with E-state index in [0.29, 0.717) is 18.0 Å². The Kier molecular flexibility index (Phi) is 5.38. The second kappa shape index (κ2) is 7.26. The van der Waals surface area contributed by atoms with E-state index in [-0.39, 0.29) is 12.5 Å². The third-order valence-electron chi connectivity index (χ3n) is 3.84. The summed E-state index contributed by atoms with van der Waals surface area (Å²) in [7, 11) is 2.11. The lowest BCUT2D eigenvalue weighted by molar-refractivity contribution is 0.0947. The van der Waals surface area contributed by atoms with Gasteiger partial charge >= 0.3 is 0 Å². The zero-order valence-corrected chi connectivity index (χ0v) is 12.6. The van der Waals surface area contributed by atoms with Gasteiger partial charge in [0, 0.05) is 24.2 Å². The van der Waals surface area contributed by atoms with Crippen molar-refractivity contribution in [2.75, 3.05) is 33.3 Å². The van der Waals surface area contributed by atoms with Gasteiger partial charge in [-0.3, -0.25) is 4.79 Å². The number of nitrogens with one attached hydrogen (secondary N) is 1. The maximum absolute atomic E-state index is 12.2. The van der Waals surface area contributed by atoms with Crippen molar-refractivity contribution in [1.29, 1.82) is 0 Å². The van der Waals surface area contributed by atoms with E-state index in [2.05, 4.69) is 29.1 Å². The highest BCUT2D eigenvalue weighted by Crippen LogP contribution is 2.14. The van der Waals surface area contributed by atoms with Crippen LogP contribution in [0.3, 0.4) is 0 Å². The van der Waals surface area contributed by atoms with Crippen LogP contribution >= 0.6 is 0 Å². The van der Waals surface area contributed by atoms with E-state index in [1.807, 2.05) is 19.1 Å². The van der Waals surface area contributed by atoms with E-state index in [9.17, 15) is 4.79 Å². The molecular formula is C17H22N2O2. The smallest absolute Gasteiger partial charge is 0.251 e. The molecule has 1 unspecified atom stereocenters. The second-order valence-electron chi connectivity index (χ2n) is 5.62. The molecule has 21 heavy (non-hydrogen) atoms. The van der Waals surface area contributed by atoms with Crippen LogP contribution in [0, 0.1) is 24.7 Å². The van der Waals surface area contributed by atoms with Crippen LogP contribution in [0.15, 0.2) is 18.2 Å². The van der Waals surface area contributed by atoms with E-state index in [0.717, 1.165) is 30.6 Å². The monoisotopic (exact) mass is 286 g/mol. The first kappa shape index (κ1) is 15.6. The summed E-state index contributed by atoms with van der Waals surface area (Å²) in [5, 5.41) is 11.8. The Morgan fingerprint density at radius 1 is 1.52 bits per heavy atom. The van der Waals surface area contributed by atoms with Gasteiger partial charge in [0.05, 0.1) is 0 Å². The number of aliphatic hydroxyl groups excluding tert-OH is 1. The number of carbonyl (C=O) groups is 1. The average molecular weight is 286 g/mol. The van der Waals surface area contributed by atoms with Crippen LogP contribution in [0.4, 0.5) is 0 Å². The zero-order valence-electron chi connectivity index (χ0n) is 12.6. The molecule has 4 nitrogen and oxygen atoms in total. The summed E-state index contributed by atoms with van der Waals surface area (Å²) < 4.78 is 0. The van der Waals surface area contributed by atoms with Gasteiger partial charge < -0.3 is 15.3 Å². The molecule has 2 rings (SSSR count). The van der Waals surface area contributed by atoms with Gasteiger partial charge in [0.25, 0.3) is 5.91 Å². The lowest BCUT2D eigenvalue weighted by Crippen LogP contribution is -2.30. The van der Waals surface area contributed by atoms with Crippen LogP contribution in [-0.2, 0) is 0 Å². The number of amides is 1. The Bertz CT molecular complexity index is 572. The minimum atomic E-state index is -0.176. The van der Waals surface area contributed by atoms with Crippen LogP contribution < -0.4 is 5.32 Å². The van der Waals surface area contributed by atoms with Crippen molar-refractivity contribution in [2.24, 2.45) is 5.92 Å². The molecule has 1 aliphatic rings. The molecule has 2 N–H and O–H groups in total. The van der Waals surface area contributed by atoms with Gasteiger partial charge in [-0.05, 0) is 50.6 Å². The van der Waals surface area contributed by atoms with E-state index in [1.54, 1.807) is 6.07 Å². The quantitative estimate of drug-likeness (QED) is 0.816. The molecule has 1 aromatic carbocycles. The normalized spacial score (nSPS) is 18.1. The highest BCUT2D eigenvalue weighted by atomic mass is 16.2. The van der Waals surface area contributed by atoms with Gasteiger partial charge in [0.15, 0.2) is 0 Å². The summed E-state index contributed by atoms with van der Waals surface area (Å²) in [6.07, 6.45) is 1.14. The highest BCUT2D eigenvalue weighted by Gasteiger charge is 2.20. The fourth-order valence-corrected chi connectivity index (χ4v) is 2.56. The van der Waals surface area contributed by atoms with Gasteiger partial charge in [-0.2, -0.15) is 0 Å². The number of aryl methyl sites for hydroxylation is 1. The topological polar surface area (TPSA) is 52.6 Å². The minimum Gasteiger partial charge on any atom is -0.384 e. The number of hydrogen-bond acceptors (Lipinski definition) is 3. The molecule has 0 aromatic heterocycles. The van der Waals surface area contributed by atoms with Crippen molar-refractivity contribution in [1.82, 2.24) is 10.2 Å². The Morgan fingerprint density at radius 2 is 2.33 bits per heavy atom. The first-order chi connectivity index (χ1) is 10.1. The maximum atomic E-state index is 12.2. The van der Waals surface area contributed by atoms with Gasteiger partial charge in [-0.1, -0.05) is 17.9 Å². The maximum Gasteiger partial charge on any atom is 0.251 e. The Balaban J connectivity index is 1.98. The molecule has 0 aliphatic carbocycles. The van der Waals surface area contributed by atoms with Crippen molar-refractivity contribution in [3.63, 3.8) is 0 Å². The van der Waals surface area contributed by atoms with Crippen molar-refractivity contribution in [3.05, 3.63) is 34.9 Å². The van der Waals surface area contributed by atoms with Gasteiger partial charge in [-0.25, -0.2) is 0 Å². The molecule has 0 radical (unpaired) electrons. The molecule has 0 saturated carbocycles. The minimum absolute atomic E-state index is 0.0587. The van der Waals surface area contributed by atoms with Crippen LogP contribution in [0.25, 0.3) is 0 Å². The predicted octanol–water partition coefficient (Wildman–Crippen LogP) is 1.02. The summed E-state index contributed by atoms with van der Waals surface area (Å²) in [6, 6.07) is 5.49. The van der Waals surface area contributed by atoms with Crippen molar-refractivity contribution < 1.29 is 9.90 Å². The van der Waals surface area contributed by atoms with Crippen molar-refractivity contribution in [2.45, 2.75) is 13.3 Å². The molecule has 1 heterocycles. The fourth-order valence-electron chi connectivity index (χ4n) is 2.56. The molecule has 0 bridgehead atoms. The Hall–Kier alpha value is -1.83. The first-order valence-electron chi connectivity index (χ1n) is 7.27. The summed E-state index contributed by atoms with van der Waals surface area (Å²) in [6.45, 7) is 4.63. The van der Waals surface area contributed by atoms with Crippen LogP contribution in [0.5, 0.6) is 0 Å². The average Bonchev–Trinajstić information content (AvgIpc) is 2.89. The summed E-state index contributed by atoms with van der Waals surface area (Å²) in [5.41, 5.74) is 2.41. The summed E-state index contributed by atoms with van der Waals surface area (Å²) >= 11 is 0. The zero-order chi connectivity index (χ0) is 15.2. The number of benzene rings is 1. The SMILES string of the molecule is Cc1ccc(C(=O)NCC2CCN(C)C2)cc1C#CCO. The van der Waals surface area contributed by atoms with E-state index < -0.39 is 0 Å². The highest BCUT2D eigenvalue weighted by molar-refractivity contribution is 5.94.